The van der Waals surface area contributed by atoms with Crippen molar-refractivity contribution < 1.29 is 8.95 Å². The molecule has 0 aromatic heterocycles. The van der Waals surface area contributed by atoms with Crippen molar-refractivity contribution in [3.63, 3.8) is 0 Å². The minimum Gasteiger partial charge on any atom is -0.380 e. The Bertz CT molecular complexity index is 140. The molecule has 0 aliphatic heterocycles. The predicted octanol–water partition coefficient (Wildman–Crippen LogP) is 0.176. The third-order valence-electron chi connectivity index (χ3n) is 1.99. The van der Waals surface area contributed by atoms with Crippen LogP contribution in [0.1, 0.15) is 19.3 Å². The van der Waals surface area contributed by atoms with Gasteiger partial charge in [-0.1, -0.05) is 0 Å². The van der Waals surface area contributed by atoms with Gasteiger partial charge in [0.25, 0.3) is 0 Å². The number of methoxy groups -OCH3 is 1. The second kappa shape index (κ2) is 3.46. The lowest BCUT2D eigenvalue weighted by Gasteiger charge is -2.13. The van der Waals surface area contributed by atoms with E-state index in [0.29, 0.717) is 0 Å². The van der Waals surface area contributed by atoms with E-state index in [1.807, 2.05) is 0 Å². The first kappa shape index (κ1) is 8.17. The zero-order chi connectivity index (χ0) is 7.56. The minimum atomic E-state index is -1.20. The van der Waals surface area contributed by atoms with Crippen molar-refractivity contribution >= 4 is 11.0 Å². The molecule has 3 atom stereocenters. The smallest absolute Gasteiger partial charge is 0.0946 e. The Hall–Kier alpha value is 0.0700. The summed E-state index contributed by atoms with van der Waals surface area (Å²) in [6.07, 6.45) is 3.17. The lowest BCUT2D eigenvalue weighted by molar-refractivity contribution is 0.112. The van der Waals surface area contributed by atoms with Crippen molar-refractivity contribution in [3.05, 3.63) is 0 Å². The molecule has 0 bridgehead atoms. The third-order valence-corrected chi connectivity index (χ3v) is 3.13. The highest BCUT2D eigenvalue weighted by Gasteiger charge is 2.30. The Labute approximate surface area is 63.5 Å². The molecule has 3 nitrogen and oxygen atoms in total. The topological polar surface area (TPSA) is 52.3 Å². The molecule has 0 heterocycles. The highest BCUT2D eigenvalue weighted by atomic mass is 32.2. The molecular weight excluding hydrogens is 150 g/mol. The minimum absolute atomic E-state index is 0.0741. The average molecular weight is 163 g/mol. The van der Waals surface area contributed by atoms with Crippen molar-refractivity contribution in [3.8, 4) is 0 Å². The molecule has 1 fully saturated rings. The summed E-state index contributed by atoms with van der Waals surface area (Å²) in [5.74, 6) is 0. The second-order valence-electron chi connectivity index (χ2n) is 2.57. The van der Waals surface area contributed by atoms with Gasteiger partial charge in [0.15, 0.2) is 0 Å². The van der Waals surface area contributed by atoms with Gasteiger partial charge in [-0.05, 0) is 19.3 Å². The summed E-state index contributed by atoms with van der Waals surface area (Å²) in [6, 6.07) is 0. The Kier molecular flexibility index (Phi) is 2.82. The van der Waals surface area contributed by atoms with Gasteiger partial charge in [0.05, 0.1) is 22.3 Å². The summed E-state index contributed by atoms with van der Waals surface area (Å²) < 4.78 is 15.9. The van der Waals surface area contributed by atoms with Crippen LogP contribution in [0.5, 0.6) is 0 Å². The van der Waals surface area contributed by atoms with E-state index >= 15 is 0 Å². The van der Waals surface area contributed by atoms with Crippen LogP contribution in [0.15, 0.2) is 0 Å². The number of rotatable bonds is 2. The third kappa shape index (κ3) is 1.56. The van der Waals surface area contributed by atoms with E-state index in [1.54, 1.807) is 7.11 Å². The Morgan fingerprint density at radius 2 is 2.30 bits per heavy atom. The van der Waals surface area contributed by atoms with Crippen molar-refractivity contribution in [2.24, 2.45) is 5.14 Å². The Morgan fingerprint density at radius 3 is 2.70 bits per heavy atom. The summed E-state index contributed by atoms with van der Waals surface area (Å²) in [5, 5.41) is 5.33. The van der Waals surface area contributed by atoms with Gasteiger partial charge in [-0.25, -0.2) is 4.21 Å². The molecule has 1 aliphatic carbocycles. The fourth-order valence-corrected chi connectivity index (χ4v) is 2.37. The first-order chi connectivity index (χ1) is 4.75. The van der Waals surface area contributed by atoms with Crippen molar-refractivity contribution in [1.29, 1.82) is 0 Å². The fraction of sp³-hybridized carbons (Fsp3) is 1.00. The van der Waals surface area contributed by atoms with Crippen LogP contribution in [-0.2, 0) is 15.7 Å². The summed E-state index contributed by atoms with van der Waals surface area (Å²) in [5.41, 5.74) is 0. The number of ether oxygens (including phenoxy) is 1. The molecule has 1 unspecified atom stereocenters. The molecule has 0 aromatic carbocycles. The first-order valence-corrected chi connectivity index (χ1v) is 4.71. The van der Waals surface area contributed by atoms with E-state index in [1.165, 1.54) is 0 Å². The van der Waals surface area contributed by atoms with Gasteiger partial charge in [0, 0.05) is 7.11 Å². The lowest BCUT2D eigenvalue weighted by atomic mass is 10.3. The summed E-state index contributed by atoms with van der Waals surface area (Å²) in [6.45, 7) is 0. The molecule has 1 rings (SSSR count). The molecule has 0 saturated heterocycles. The number of nitrogens with two attached hydrogens (primary N) is 1. The molecule has 60 valence electrons. The highest BCUT2D eigenvalue weighted by molar-refractivity contribution is 7.83. The predicted molar refractivity (Wildman–Crippen MR) is 40.8 cm³/mol. The van der Waals surface area contributed by atoms with Gasteiger partial charge in [0.2, 0.25) is 0 Å². The van der Waals surface area contributed by atoms with Crippen LogP contribution in [0.2, 0.25) is 0 Å². The zero-order valence-corrected chi connectivity index (χ0v) is 6.89. The van der Waals surface area contributed by atoms with Crippen LogP contribution >= 0.6 is 0 Å². The van der Waals surface area contributed by atoms with E-state index in [0.717, 1.165) is 19.3 Å². The summed E-state index contributed by atoms with van der Waals surface area (Å²) >= 11 is 0. The van der Waals surface area contributed by atoms with Crippen LogP contribution in [0.3, 0.4) is 0 Å². The zero-order valence-electron chi connectivity index (χ0n) is 6.08. The molecule has 1 aliphatic rings. The van der Waals surface area contributed by atoms with E-state index in [-0.39, 0.29) is 11.4 Å². The largest absolute Gasteiger partial charge is 0.380 e. The summed E-state index contributed by atoms with van der Waals surface area (Å²) in [4.78, 5) is 0. The van der Waals surface area contributed by atoms with E-state index in [4.69, 9.17) is 9.88 Å². The van der Waals surface area contributed by atoms with E-state index < -0.39 is 11.0 Å². The molecule has 0 aromatic rings. The van der Waals surface area contributed by atoms with Gasteiger partial charge in [0.1, 0.15) is 0 Å². The standard InChI is InChI=1S/C6H13NO2S/c1-9-5-3-2-4-6(5)10(7)8/h5-6H,2-4,7H2,1H3/t5-,6+,10?/m0/s1. The van der Waals surface area contributed by atoms with Crippen molar-refractivity contribution in [1.82, 2.24) is 0 Å². The lowest BCUT2D eigenvalue weighted by Crippen LogP contribution is -2.30. The van der Waals surface area contributed by atoms with Gasteiger partial charge in [-0.3, -0.25) is 5.14 Å². The maximum absolute atomic E-state index is 10.8. The molecule has 10 heavy (non-hydrogen) atoms. The second-order valence-corrected chi connectivity index (χ2v) is 3.83. The Morgan fingerprint density at radius 1 is 1.60 bits per heavy atom. The van der Waals surface area contributed by atoms with Gasteiger partial charge in [-0.2, -0.15) is 0 Å². The number of hydrogen-bond donors (Lipinski definition) is 1. The van der Waals surface area contributed by atoms with E-state index in [2.05, 4.69) is 0 Å². The van der Waals surface area contributed by atoms with E-state index in [9.17, 15) is 4.21 Å². The van der Waals surface area contributed by atoms with Crippen LogP contribution < -0.4 is 5.14 Å². The van der Waals surface area contributed by atoms with Crippen LogP contribution in [-0.4, -0.2) is 22.7 Å². The van der Waals surface area contributed by atoms with Crippen LogP contribution in [0, 0.1) is 0 Å². The van der Waals surface area contributed by atoms with Gasteiger partial charge in [-0.15, -0.1) is 0 Å². The fourth-order valence-electron chi connectivity index (χ4n) is 1.43. The van der Waals surface area contributed by atoms with Crippen LogP contribution in [0.4, 0.5) is 0 Å². The molecule has 1 saturated carbocycles. The Balaban J connectivity index is 2.50. The number of hydrogen-bond acceptors (Lipinski definition) is 2. The van der Waals surface area contributed by atoms with Gasteiger partial charge >= 0.3 is 0 Å². The first-order valence-electron chi connectivity index (χ1n) is 3.43. The quantitative estimate of drug-likeness (QED) is 0.631. The van der Waals surface area contributed by atoms with Gasteiger partial charge < -0.3 is 4.74 Å². The van der Waals surface area contributed by atoms with Crippen molar-refractivity contribution in [2.45, 2.75) is 30.6 Å². The highest BCUT2D eigenvalue weighted by Crippen LogP contribution is 2.24. The normalized spacial score (nSPS) is 36.2. The maximum atomic E-state index is 10.8. The molecular formula is C6H13NO2S. The maximum Gasteiger partial charge on any atom is 0.0946 e. The molecule has 0 spiro atoms. The summed E-state index contributed by atoms with van der Waals surface area (Å²) in [7, 11) is 0.453. The molecule has 4 heteroatoms. The molecule has 2 N–H and O–H groups in total. The SMILES string of the molecule is CO[C@H]1CCC[C@H]1S(N)=O. The monoisotopic (exact) mass is 163 g/mol. The van der Waals surface area contributed by atoms with Crippen LogP contribution in [0.25, 0.3) is 0 Å². The molecule has 0 radical (unpaired) electrons. The van der Waals surface area contributed by atoms with Crippen molar-refractivity contribution in [2.75, 3.05) is 7.11 Å². The average Bonchev–Trinajstić information content (AvgIpc) is 2.33. The molecule has 0 amide bonds.